The van der Waals surface area contributed by atoms with E-state index in [1.165, 1.54) is 17.1 Å². The molecule has 1 aliphatic carbocycles. The predicted octanol–water partition coefficient (Wildman–Crippen LogP) is 3.19. The lowest BCUT2D eigenvalue weighted by molar-refractivity contribution is 0.417. The molecular weight excluding hydrogens is 342 g/mol. The second-order valence-electron chi connectivity index (χ2n) is 6.36. The third kappa shape index (κ3) is 3.09. The van der Waals surface area contributed by atoms with E-state index in [9.17, 15) is 5.26 Å². The van der Waals surface area contributed by atoms with Gasteiger partial charge in [-0.25, -0.2) is 4.98 Å². The van der Waals surface area contributed by atoms with Crippen molar-refractivity contribution in [1.29, 1.82) is 10.5 Å². The Kier molecular flexibility index (Phi) is 4.23. The number of aromatic nitrogens is 3. The highest BCUT2D eigenvalue weighted by Gasteiger charge is 2.20. The summed E-state index contributed by atoms with van der Waals surface area (Å²) in [6.45, 7) is 0. The molecule has 8 heteroatoms. The van der Waals surface area contributed by atoms with Gasteiger partial charge >= 0.3 is 0 Å². The molecule has 1 aromatic carbocycles. The first-order valence-electron chi connectivity index (χ1n) is 8.62. The van der Waals surface area contributed by atoms with Gasteiger partial charge < -0.3 is 15.4 Å². The van der Waals surface area contributed by atoms with E-state index in [4.69, 9.17) is 10.00 Å². The molecule has 0 amide bonds. The van der Waals surface area contributed by atoms with E-state index in [1.807, 2.05) is 6.07 Å². The summed E-state index contributed by atoms with van der Waals surface area (Å²) in [5.74, 6) is 1.11. The largest absolute Gasteiger partial charge is 0.495 e. The van der Waals surface area contributed by atoms with Crippen molar-refractivity contribution in [2.45, 2.75) is 25.3 Å². The summed E-state index contributed by atoms with van der Waals surface area (Å²) in [4.78, 5) is 4.33. The molecule has 2 aromatic heterocycles. The molecular formula is C19H17N7O. The molecule has 0 atom stereocenters. The Morgan fingerprint density at radius 1 is 1.19 bits per heavy atom. The summed E-state index contributed by atoms with van der Waals surface area (Å²) in [5.41, 5.74) is 2.91. The second kappa shape index (κ2) is 6.85. The van der Waals surface area contributed by atoms with Gasteiger partial charge in [0.05, 0.1) is 36.3 Å². The molecule has 4 rings (SSSR count). The van der Waals surface area contributed by atoms with E-state index in [0.717, 1.165) is 18.5 Å². The quantitative estimate of drug-likeness (QED) is 0.719. The molecule has 2 heterocycles. The maximum Gasteiger partial charge on any atom is 0.178 e. The number of nitriles is 2. The van der Waals surface area contributed by atoms with Crippen LogP contribution in [-0.4, -0.2) is 27.7 Å². The molecule has 0 saturated heterocycles. The lowest BCUT2D eigenvalue weighted by Gasteiger charge is -2.27. The first-order valence-corrected chi connectivity index (χ1v) is 8.62. The molecule has 0 radical (unpaired) electrons. The topological polar surface area (TPSA) is 111 Å². The minimum absolute atomic E-state index is 0.350. The Morgan fingerprint density at radius 2 is 2.04 bits per heavy atom. The first-order chi connectivity index (χ1) is 13.2. The van der Waals surface area contributed by atoms with Gasteiger partial charge in [0, 0.05) is 12.1 Å². The van der Waals surface area contributed by atoms with Crippen LogP contribution in [0.1, 0.15) is 30.5 Å². The van der Waals surface area contributed by atoms with Crippen LogP contribution in [0.4, 0.5) is 17.2 Å². The number of imidazole rings is 1. The third-order valence-electron chi connectivity index (χ3n) is 4.64. The van der Waals surface area contributed by atoms with Crippen molar-refractivity contribution in [3.63, 3.8) is 0 Å². The zero-order valence-corrected chi connectivity index (χ0v) is 14.7. The fraction of sp³-hybridized carbons (Fsp3) is 0.263. The van der Waals surface area contributed by atoms with Crippen LogP contribution in [0.3, 0.4) is 0 Å². The summed E-state index contributed by atoms with van der Waals surface area (Å²) >= 11 is 0. The molecule has 8 nitrogen and oxygen atoms in total. The lowest BCUT2D eigenvalue weighted by atomic mass is 9.93. The minimum Gasteiger partial charge on any atom is -0.495 e. The van der Waals surface area contributed by atoms with Crippen LogP contribution in [0, 0.1) is 22.7 Å². The average Bonchev–Trinajstić information content (AvgIpc) is 3.07. The van der Waals surface area contributed by atoms with Crippen molar-refractivity contribution in [2.75, 3.05) is 17.7 Å². The SMILES string of the molecule is COc1ccc(C#N)cc1Nc1cc(NC2CCC2)c2ncc(C#N)n2n1. The molecule has 2 N–H and O–H groups in total. The maximum atomic E-state index is 9.34. The van der Waals surface area contributed by atoms with Gasteiger partial charge in [-0.1, -0.05) is 0 Å². The third-order valence-corrected chi connectivity index (χ3v) is 4.64. The summed E-state index contributed by atoms with van der Waals surface area (Å²) in [6.07, 6.45) is 4.94. The van der Waals surface area contributed by atoms with Crippen LogP contribution in [-0.2, 0) is 0 Å². The summed E-state index contributed by atoms with van der Waals surface area (Å²) in [5, 5.41) is 29.7. The van der Waals surface area contributed by atoms with E-state index in [2.05, 4.69) is 32.9 Å². The van der Waals surface area contributed by atoms with E-state index in [1.54, 1.807) is 25.3 Å². The number of anilines is 3. The summed E-state index contributed by atoms with van der Waals surface area (Å²) in [6, 6.07) is 11.6. The Balaban J connectivity index is 1.77. The van der Waals surface area contributed by atoms with Gasteiger partial charge in [0.2, 0.25) is 0 Å². The summed E-state index contributed by atoms with van der Waals surface area (Å²) in [7, 11) is 1.57. The number of fused-ring (bicyclic) bond motifs is 1. The number of ether oxygens (including phenoxy) is 1. The van der Waals surface area contributed by atoms with E-state index in [-0.39, 0.29) is 0 Å². The summed E-state index contributed by atoms with van der Waals surface area (Å²) < 4.78 is 6.89. The molecule has 0 unspecified atom stereocenters. The van der Waals surface area contributed by atoms with Crippen molar-refractivity contribution in [3.05, 3.63) is 41.7 Å². The highest BCUT2D eigenvalue weighted by molar-refractivity contribution is 5.75. The molecule has 134 valence electrons. The van der Waals surface area contributed by atoms with Crippen molar-refractivity contribution in [2.24, 2.45) is 0 Å². The number of methoxy groups -OCH3 is 1. The van der Waals surface area contributed by atoms with Gasteiger partial charge in [0.25, 0.3) is 0 Å². The van der Waals surface area contributed by atoms with Gasteiger partial charge in [-0.05, 0) is 37.5 Å². The Labute approximate surface area is 156 Å². The number of hydrogen-bond donors (Lipinski definition) is 2. The van der Waals surface area contributed by atoms with Gasteiger partial charge in [-0.15, -0.1) is 5.10 Å². The van der Waals surface area contributed by atoms with Crippen LogP contribution >= 0.6 is 0 Å². The second-order valence-corrected chi connectivity index (χ2v) is 6.36. The highest BCUT2D eigenvalue weighted by Crippen LogP contribution is 2.31. The van der Waals surface area contributed by atoms with Crippen LogP contribution in [0.5, 0.6) is 5.75 Å². The van der Waals surface area contributed by atoms with E-state index >= 15 is 0 Å². The average molecular weight is 359 g/mol. The molecule has 1 saturated carbocycles. The predicted molar refractivity (Wildman–Crippen MR) is 100.0 cm³/mol. The van der Waals surface area contributed by atoms with Crippen LogP contribution in [0.15, 0.2) is 30.5 Å². The number of benzene rings is 1. The molecule has 0 bridgehead atoms. The van der Waals surface area contributed by atoms with Crippen LogP contribution in [0.25, 0.3) is 5.65 Å². The lowest BCUT2D eigenvalue weighted by Crippen LogP contribution is -2.27. The standard InChI is InChI=1S/C19H17N7O/c1-27-17-6-5-12(9-20)7-15(17)24-18-8-16(23-13-3-2-4-13)19-22-11-14(10-21)26(19)25-18/h5-8,11,13,23H,2-4H2,1H3,(H,24,25). The van der Waals surface area contributed by atoms with E-state index in [0.29, 0.717) is 40.2 Å². The molecule has 1 aliphatic rings. The molecule has 0 spiro atoms. The van der Waals surface area contributed by atoms with Crippen LogP contribution < -0.4 is 15.4 Å². The van der Waals surface area contributed by atoms with Crippen LogP contribution in [0.2, 0.25) is 0 Å². The highest BCUT2D eigenvalue weighted by atomic mass is 16.5. The molecule has 3 aromatic rings. The molecule has 1 fully saturated rings. The molecule has 27 heavy (non-hydrogen) atoms. The van der Waals surface area contributed by atoms with Crippen molar-refractivity contribution < 1.29 is 4.74 Å². The first kappa shape index (κ1) is 16.7. The fourth-order valence-electron chi connectivity index (χ4n) is 3.00. The van der Waals surface area contributed by atoms with Gasteiger partial charge in [-0.2, -0.15) is 15.0 Å². The number of nitrogens with one attached hydrogen (secondary N) is 2. The Bertz CT molecular complexity index is 1090. The number of hydrogen-bond acceptors (Lipinski definition) is 7. The van der Waals surface area contributed by atoms with Crippen molar-refractivity contribution in [3.8, 4) is 17.9 Å². The normalized spacial score (nSPS) is 13.4. The zero-order chi connectivity index (χ0) is 18.8. The Hall–Kier alpha value is -3.78. The van der Waals surface area contributed by atoms with E-state index < -0.39 is 0 Å². The minimum atomic E-state index is 0.350. The maximum absolute atomic E-state index is 9.34. The van der Waals surface area contributed by atoms with Gasteiger partial charge in [0.1, 0.15) is 11.8 Å². The number of nitrogens with zero attached hydrogens (tertiary/aromatic N) is 5. The fourth-order valence-corrected chi connectivity index (χ4v) is 3.00. The zero-order valence-electron chi connectivity index (χ0n) is 14.7. The molecule has 0 aliphatic heterocycles. The van der Waals surface area contributed by atoms with Crippen molar-refractivity contribution in [1.82, 2.24) is 14.6 Å². The monoisotopic (exact) mass is 359 g/mol. The van der Waals surface area contributed by atoms with Crippen molar-refractivity contribution >= 4 is 22.8 Å². The smallest absolute Gasteiger partial charge is 0.178 e. The number of rotatable bonds is 5. The van der Waals surface area contributed by atoms with Gasteiger partial charge in [0.15, 0.2) is 17.2 Å². The van der Waals surface area contributed by atoms with Gasteiger partial charge in [-0.3, -0.25) is 0 Å². The Morgan fingerprint density at radius 3 is 2.70 bits per heavy atom.